The van der Waals surface area contributed by atoms with Gasteiger partial charge in [0.05, 0.1) is 17.1 Å². The highest BCUT2D eigenvalue weighted by Crippen LogP contribution is 2.34. The molecule has 0 aromatic heterocycles. The maximum absolute atomic E-state index is 12.8. The summed E-state index contributed by atoms with van der Waals surface area (Å²) in [6.07, 6.45) is -3.02. The molecule has 0 spiro atoms. The number of nitrogens with zero attached hydrogens (tertiary/aromatic N) is 1. The molecule has 0 atom stereocenters. The molecule has 1 aromatic carbocycles. The van der Waals surface area contributed by atoms with Crippen LogP contribution in [0.3, 0.4) is 0 Å². The lowest BCUT2D eigenvalue weighted by atomic mass is 10.1. The molecule has 1 rings (SSSR count). The maximum Gasteiger partial charge on any atom is 0.417 e. The molecule has 108 valence electrons. The van der Waals surface area contributed by atoms with Crippen LogP contribution in [0.4, 0.5) is 18.9 Å². The summed E-state index contributed by atoms with van der Waals surface area (Å²) < 4.78 is 42.9. The topological polar surface area (TPSA) is 69.4 Å². The summed E-state index contributed by atoms with van der Waals surface area (Å²) in [4.78, 5) is 20.6. The Kier molecular flexibility index (Phi) is 4.84. The normalized spacial score (nSPS) is 11.6. The van der Waals surface area contributed by atoms with Crippen LogP contribution in [0.5, 0.6) is 0 Å². The average Bonchev–Trinajstić information content (AvgIpc) is 2.35. The third-order valence-electron chi connectivity index (χ3n) is 2.24. The summed E-state index contributed by atoms with van der Waals surface area (Å²) in [6, 6.07) is 2.28. The standard InChI is InChI=1S/C12H10F3NO4/c1-2-20-11(17)6-4-8-3-5-9(16(18)19)7-10(8)12(13,14)15/h3-7H,2H2,1H3. The molecule has 0 unspecified atom stereocenters. The second-order valence-electron chi connectivity index (χ2n) is 3.61. The van der Waals surface area contributed by atoms with E-state index in [0.717, 1.165) is 24.3 Å². The smallest absolute Gasteiger partial charge is 0.417 e. The molecule has 1 aromatic rings. The Hall–Kier alpha value is -2.38. The molecule has 0 aliphatic heterocycles. The maximum atomic E-state index is 12.8. The van der Waals surface area contributed by atoms with Gasteiger partial charge in [0.2, 0.25) is 0 Å². The molecule has 0 radical (unpaired) electrons. The Morgan fingerprint density at radius 1 is 1.45 bits per heavy atom. The molecule has 0 amide bonds. The first-order valence-corrected chi connectivity index (χ1v) is 5.46. The fraction of sp³-hybridized carbons (Fsp3) is 0.250. The summed E-state index contributed by atoms with van der Waals surface area (Å²) in [5.41, 5.74) is -2.21. The number of carbonyl (C=O) groups is 1. The lowest BCUT2D eigenvalue weighted by Gasteiger charge is -2.09. The van der Waals surface area contributed by atoms with Gasteiger partial charge in [-0.2, -0.15) is 13.2 Å². The van der Waals surface area contributed by atoms with Crippen molar-refractivity contribution in [2.45, 2.75) is 13.1 Å². The number of esters is 1. The van der Waals surface area contributed by atoms with E-state index < -0.39 is 28.3 Å². The molecule has 0 heterocycles. The molecule has 0 fully saturated rings. The first kappa shape index (κ1) is 15.7. The Balaban J connectivity index is 3.19. The van der Waals surface area contributed by atoms with Gasteiger partial charge in [0, 0.05) is 18.2 Å². The zero-order valence-corrected chi connectivity index (χ0v) is 10.3. The first-order chi connectivity index (χ1) is 9.25. The van der Waals surface area contributed by atoms with Crippen molar-refractivity contribution in [1.82, 2.24) is 0 Å². The zero-order chi connectivity index (χ0) is 15.3. The van der Waals surface area contributed by atoms with Gasteiger partial charge < -0.3 is 4.74 Å². The highest BCUT2D eigenvalue weighted by molar-refractivity contribution is 5.87. The van der Waals surface area contributed by atoms with E-state index in [-0.39, 0.29) is 12.2 Å². The van der Waals surface area contributed by atoms with Crippen molar-refractivity contribution in [3.63, 3.8) is 0 Å². The molecule has 0 aliphatic carbocycles. The largest absolute Gasteiger partial charge is 0.463 e. The number of ether oxygens (including phenoxy) is 1. The number of non-ortho nitro benzene ring substituents is 1. The third kappa shape index (κ3) is 4.08. The van der Waals surface area contributed by atoms with Gasteiger partial charge >= 0.3 is 12.1 Å². The minimum Gasteiger partial charge on any atom is -0.463 e. The van der Waals surface area contributed by atoms with Crippen LogP contribution in [0.25, 0.3) is 6.08 Å². The number of nitro groups is 1. The first-order valence-electron chi connectivity index (χ1n) is 5.46. The van der Waals surface area contributed by atoms with Gasteiger partial charge in [-0.05, 0) is 24.6 Å². The zero-order valence-electron chi connectivity index (χ0n) is 10.3. The quantitative estimate of drug-likeness (QED) is 0.369. The number of rotatable bonds is 4. The van der Waals surface area contributed by atoms with E-state index in [0.29, 0.717) is 6.07 Å². The Labute approximate surface area is 111 Å². The molecular formula is C12H10F3NO4. The number of carbonyl (C=O) groups excluding carboxylic acids is 1. The van der Waals surface area contributed by atoms with Gasteiger partial charge in [-0.15, -0.1) is 0 Å². The van der Waals surface area contributed by atoms with E-state index >= 15 is 0 Å². The number of alkyl halides is 3. The molecule has 0 saturated carbocycles. The van der Waals surface area contributed by atoms with E-state index in [1.165, 1.54) is 0 Å². The van der Waals surface area contributed by atoms with Crippen molar-refractivity contribution in [2.24, 2.45) is 0 Å². The van der Waals surface area contributed by atoms with Crippen molar-refractivity contribution in [3.8, 4) is 0 Å². The number of halogens is 3. The predicted molar refractivity (Wildman–Crippen MR) is 63.8 cm³/mol. The van der Waals surface area contributed by atoms with Crippen LogP contribution in [0.1, 0.15) is 18.1 Å². The van der Waals surface area contributed by atoms with Crippen LogP contribution < -0.4 is 0 Å². The minimum absolute atomic E-state index is 0.0928. The SMILES string of the molecule is CCOC(=O)C=Cc1ccc([N+](=O)[O-])cc1C(F)(F)F. The second kappa shape index (κ2) is 6.18. The van der Waals surface area contributed by atoms with Crippen molar-refractivity contribution >= 4 is 17.7 Å². The summed E-state index contributed by atoms with van der Waals surface area (Å²) in [6.45, 7) is 1.65. The van der Waals surface area contributed by atoms with E-state index in [1.54, 1.807) is 6.92 Å². The van der Waals surface area contributed by atoms with Gasteiger partial charge in [0.1, 0.15) is 0 Å². The van der Waals surface area contributed by atoms with Crippen molar-refractivity contribution in [3.05, 3.63) is 45.5 Å². The number of hydrogen-bond acceptors (Lipinski definition) is 4. The molecule has 0 bridgehead atoms. The number of nitro benzene ring substituents is 1. The van der Waals surface area contributed by atoms with Crippen molar-refractivity contribution < 1.29 is 27.6 Å². The van der Waals surface area contributed by atoms with Gasteiger partial charge in [-0.25, -0.2) is 4.79 Å². The molecular weight excluding hydrogens is 279 g/mol. The fourth-order valence-electron chi connectivity index (χ4n) is 1.40. The van der Waals surface area contributed by atoms with Crippen LogP contribution in [-0.2, 0) is 15.7 Å². The van der Waals surface area contributed by atoms with Crippen molar-refractivity contribution in [1.29, 1.82) is 0 Å². The van der Waals surface area contributed by atoms with Gasteiger partial charge in [-0.3, -0.25) is 10.1 Å². The Bertz CT molecular complexity index is 552. The Morgan fingerprint density at radius 3 is 2.60 bits per heavy atom. The summed E-state index contributed by atoms with van der Waals surface area (Å²) in [5.74, 6) is -0.793. The lowest BCUT2D eigenvalue weighted by molar-refractivity contribution is -0.385. The lowest BCUT2D eigenvalue weighted by Crippen LogP contribution is -2.08. The molecule has 20 heavy (non-hydrogen) atoms. The average molecular weight is 289 g/mol. The highest BCUT2D eigenvalue weighted by Gasteiger charge is 2.34. The predicted octanol–water partition coefficient (Wildman–Crippen LogP) is 3.19. The second-order valence-corrected chi connectivity index (χ2v) is 3.61. The van der Waals surface area contributed by atoms with Gasteiger partial charge in [-0.1, -0.05) is 0 Å². The van der Waals surface area contributed by atoms with Crippen molar-refractivity contribution in [2.75, 3.05) is 6.61 Å². The van der Waals surface area contributed by atoms with Gasteiger partial charge in [0.15, 0.2) is 0 Å². The highest BCUT2D eigenvalue weighted by atomic mass is 19.4. The molecule has 0 N–H and O–H groups in total. The monoisotopic (exact) mass is 289 g/mol. The number of benzene rings is 1. The van der Waals surface area contributed by atoms with Crippen LogP contribution in [0.2, 0.25) is 0 Å². The molecule has 0 saturated heterocycles. The van der Waals surface area contributed by atoms with Crippen LogP contribution in [0.15, 0.2) is 24.3 Å². The van der Waals surface area contributed by atoms with Crippen LogP contribution in [0, 0.1) is 10.1 Å². The van der Waals surface area contributed by atoms with Crippen LogP contribution >= 0.6 is 0 Å². The van der Waals surface area contributed by atoms with E-state index in [4.69, 9.17) is 0 Å². The number of hydrogen-bond donors (Lipinski definition) is 0. The minimum atomic E-state index is -4.76. The van der Waals surface area contributed by atoms with Gasteiger partial charge in [0.25, 0.3) is 5.69 Å². The Morgan fingerprint density at radius 2 is 2.10 bits per heavy atom. The summed E-state index contributed by atoms with van der Waals surface area (Å²) >= 11 is 0. The molecule has 0 aliphatic rings. The summed E-state index contributed by atoms with van der Waals surface area (Å²) in [5, 5.41) is 10.5. The fourth-order valence-corrected chi connectivity index (χ4v) is 1.40. The third-order valence-corrected chi connectivity index (χ3v) is 2.24. The van der Waals surface area contributed by atoms with Crippen LogP contribution in [-0.4, -0.2) is 17.5 Å². The van der Waals surface area contributed by atoms with E-state index in [2.05, 4.69) is 4.74 Å². The molecule has 5 nitrogen and oxygen atoms in total. The van der Waals surface area contributed by atoms with E-state index in [1.807, 2.05) is 0 Å². The summed E-state index contributed by atoms with van der Waals surface area (Å²) in [7, 11) is 0. The molecule has 8 heteroatoms. The van der Waals surface area contributed by atoms with E-state index in [9.17, 15) is 28.1 Å².